The Morgan fingerprint density at radius 3 is 3.00 bits per heavy atom. The van der Waals surface area contributed by atoms with Gasteiger partial charge in [0.05, 0.1) is 12.8 Å². The van der Waals surface area contributed by atoms with Crippen molar-refractivity contribution in [2.75, 3.05) is 27.2 Å². The van der Waals surface area contributed by atoms with Crippen LogP contribution in [0.1, 0.15) is 29.5 Å². The zero-order valence-electron chi connectivity index (χ0n) is 14.4. The SMILES string of the molecule is CN=C(NCc1ccco1)NC[C@@H]1CCCN(C)[C@H]1c1cccs1. The molecule has 24 heavy (non-hydrogen) atoms. The average Bonchev–Trinajstić information content (AvgIpc) is 3.29. The van der Waals surface area contributed by atoms with Crippen molar-refractivity contribution in [3.8, 4) is 0 Å². The molecular weight excluding hydrogens is 320 g/mol. The van der Waals surface area contributed by atoms with E-state index in [9.17, 15) is 0 Å². The van der Waals surface area contributed by atoms with Gasteiger partial charge in [0.15, 0.2) is 5.96 Å². The third-order valence-electron chi connectivity index (χ3n) is 4.61. The highest BCUT2D eigenvalue weighted by Crippen LogP contribution is 2.36. The molecule has 2 N–H and O–H groups in total. The van der Waals surface area contributed by atoms with Gasteiger partial charge in [0.25, 0.3) is 0 Å². The molecule has 1 fully saturated rings. The van der Waals surface area contributed by atoms with E-state index in [2.05, 4.69) is 45.1 Å². The summed E-state index contributed by atoms with van der Waals surface area (Å²) in [5.41, 5.74) is 0. The van der Waals surface area contributed by atoms with Crippen molar-refractivity contribution < 1.29 is 4.42 Å². The second-order valence-electron chi connectivity index (χ2n) is 6.23. The molecule has 5 nitrogen and oxygen atoms in total. The predicted molar refractivity (Wildman–Crippen MR) is 99.3 cm³/mol. The van der Waals surface area contributed by atoms with Gasteiger partial charge in [0.1, 0.15) is 5.76 Å². The van der Waals surface area contributed by atoms with E-state index in [-0.39, 0.29) is 0 Å². The van der Waals surface area contributed by atoms with Crippen molar-refractivity contribution >= 4 is 17.3 Å². The van der Waals surface area contributed by atoms with Gasteiger partial charge in [-0.1, -0.05) is 6.07 Å². The van der Waals surface area contributed by atoms with Crippen LogP contribution in [0.4, 0.5) is 0 Å². The van der Waals surface area contributed by atoms with Crippen LogP contribution in [0.5, 0.6) is 0 Å². The molecule has 0 spiro atoms. The van der Waals surface area contributed by atoms with Gasteiger partial charge in [-0.05, 0) is 55.9 Å². The van der Waals surface area contributed by atoms with Crippen molar-refractivity contribution in [1.82, 2.24) is 15.5 Å². The van der Waals surface area contributed by atoms with Gasteiger partial charge in [0.2, 0.25) is 0 Å². The molecule has 1 aliphatic heterocycles. The molecule has 3 heterocycles. The largest absolute Gasteiger partial charge is 0.467 e. The first kappa shape index (κ1) is 17.0. The summed E-state index contributed by atoms with van der Waals surface area (Å²) in [5, 5.41) is 8.97. The van der Waals surface area contributed by atoms with Gasteiger partial charge in [-0.3, -0.25) is 9.89 Å². The van der Waals surface area contributed by atoms with Crippen LogP contribution < -0.4 is 10.6 Å². The summed E-state index contributed by atoms with van der Waals surface area (Å²) in [5.74, 6) is 2.32. The van der Waals surface area contributed by atoms with E-state index in [0.29, 0.717) is 18.5 Å². The summed E-state index contributed by atoms with van der Waals surface area (Å²) in [6, 6.07) is 8.76. The molecule has 2 aromatic heterocycles. The number of hydrogen-bond donors (Lipinski definition) is 2. The normalized spacial score (nSPS) is 22.5. The summed E-state index contributed by atoms with van der Waals surface area (Å²) >= 11 is 1.86. The Morgan fingerprint density at radius 2 is 2.29 bits per heavy atom. The van der Waals surface area contributed by atoms with E-state index in [1.165, 1.54) is 24.3 Å². The van der Waals surface area contributed by atoms with Crippen LogP contribution >= 0.6 is 11.3 Å². The molecule has 1 aliphatic rings. The van der Waals surface area contributed by atoms with Crippen molar-refractivity contribution in [1.29, 1.82) is 0 Å². The molecule has 0 aromatic carbocycles. The number of thiophene rings is 1. The Kier molecular flexibility index (Phi) is 5.93. The Hall–Kier alpha value is -1.79. The standard InChI is InChI=1S/C18H26N4OS/c1-19-18(21-13-15-7-4-10-23-15)20-12-14-6-3-9-22(2)17(14)16-8-5-11-24-16/h4-5,7-8,10-11,14,17H,3,6,9,12-13H2,1-2H3,(H2,19,20,21)/t14-,17+/m0/s1. The monoisotopic (exact) mass is 346 g/mol. The molecule has 2 atom stereocenters. The van der Waals surface area contributed by atoms with Gasteiger partial charge < -0.3 is 15.1 Å². The highest BCUT2D eigenvalue weighted by molar-refractivity contribution is 7.10. The molecule has 0 radical (unpaired) electrons. The zero-order valence-corrected chi connectivity index (χ0v) is 15.2. The van der Waals surface area contributed by atoms with Crippen LogP contribution in [0.25, 0.3) is 0 Å². The van der Waals surface area contributed by atoms with Crippen LogP contribution in [0.3, 0.4) is 0 Å². The molecule has 0 bridgehead atoms. The number of aliphatic imine (C=N–C) groups is 1. The fraction of sp³-hybridized carbons (Fsp3) is 0.500. The first-order valence-corrected chi connectivity index (χ1v) is 9.36. The minimum Gasteiger partial charge on any atom is -0.467 e. The van der Waals surface area contributed by atoms with Crippen molar-refractivity contribution in [3.63, 3.8) is 0 Å². The molecule has 0 aliphatic carbocycles. The van der Waals surface area contributed by atoms with E-state index in [1.807, 2.05) is 23.5 Å². The van der Waals surface area contributed by atoms with E-state index in [1.54, 1.807) is 13.3 Å². The quantitative estimate of drug-likeness (QED) is 0.645. The number of rotatable bonds is 5. The van der Waals surface area contributed by atoms with Crippen LogP contribution in [-0.4, -0.2) is 38.0 Å². The van der Waals surface area contributed by atoms with Crippen molar-refractivity contribution in [3.05, 3.63) is 46.5 Å². The van der Waals surface area contributed by atoms with Crippen LogP contribution in [0.15, 0.2) is 45.3 Å². The Labute approximate surface area is 147 Å². The number of likely N-dealkylation sites (tertiary alicyclic amines) is 1. The van der Waals surface area contributed by atoms with E-state index in [4.69, 9.17) is 4.42 Å². The Bertz CT molecular complexity index is 624. The van der Waals surface area contributed by atoms with Gasteiger partial charge >= 0.3 is 0 Å². The summed E-state index contributed by atoms with van der Waals surface area (Å²) in [4.78, 5) is 8.27. The molecular formula is C18H26N4OS. The Morgan fingerprint density at radius 1 is 1.38 bits per heavy atom. The predicted octanol–water partition coefficient (Wildman–Crippen LogP) is 3.09. The summed E-state index contributed by atoms with van der Waals surface area (Å²) in [6.07, 6.45) is 4.19. The first-order chi connectivity index (χ1) is 11.8. The third-order valence-corrected chi connectivity index (χ3v) is 5.55. The van der Waals surface area contributed by atoms with Crippen molar-refractivity contribution in [2.45, 2.75) is 25.4 Å². The number of nitrogens with one attached hydrogen (secondary N) is 2. The summed E-state index contributed by atoms with van der Waals surface area (Å²) < 4.78 is 5.35. The minimum absolute atomic E-state index is 0.495. The molecule has 6 heteroatoms. The van der Waals surface area contributed by atoms with Crippen LogP contribution in [-0.2, 0) is 6.54 Å². The van der Waals surface area contributed by atoms with Gasteiger partial charge in [-0.2, -0.15) is 0 Å². The van der Waals surface area contributed by atoms with Gasteiger partial charge in [-0.15, -0.1) is 11.3 Å². The lowest BCUT2D eigenvalue weighted by Gasteiger charge is -2.39. The van der Waals surface area contributed by atoms with E-state index >= 15 is 0 Å². The van der Waals surface area contributed by atoms with E-state index in [0.717, 1.165) is 18.3 Å². The Balaban J connectivity index is 1.56. The van der Waals surface area contributed by atoms with Gasteiger partial charge in [0, 0.05) is 24.5 Å². The lowest BCUT2D eigenvalue weighted by Crippen LogP contribution is -2.44. The lowest BCUT2D eigenvalue weighted by molar-refractivity contribution is 0.125. The minimum atomic E-state index is 0.495. The maximum atomic E-state index is 5.35. The van der Waals surface area contributed by atoms with Crippen molar-refractivity contribution in [2.24, 2.45) is 10.9 Å². The smallest absolute Gasteiger partial charge is 0.191 e. The molecule has 0 amide bonds. The highest BCUT2D eigenvalue weighted by atomic mass is 32.1. The fourth-order valence-electron chi connectivity index (χ4n) is 3.41. The van der Waals surface area contributed by atoms with Crippen LogP contribution in [0.2, 0.25) is 0 Å². The number of piperidine rings is 1. The maximum absolute atomic E-state index is 5.35. The fourth-order valence-corrected chi connectivity index (χ4v) is 4.40. The zero-order chi connectivity index (χ0) is 16.8. The molecule has 0 saturated carbocycles. The highest BCUT2D eigenvalue weighted by Gasteiger charge is 2.31. The van der Waals surface area contributed by atoms with Gasteiger partial charge in [-0.25, -0.2) is 0 Å². The summed E-state index contributed by atoms with van der Waals surface area (Å²) in [7, 11) is 4.04. The number of hydrogen-bond acceptors (Lipinski definition) is 4. The molecule has 2 aromatic rings. The second kappa shape index (κ2) is 8.35. The topological polar surface area (TPSA) is 52.8 Å². The molecule has 3 rings (SSSR count). The first-order valence-electron chi connectivity index (χ1n) is 8.48. The second-order valence-corrected chi connectivity index (χ2v) is 7.21. The number of furan rings is 1. The maximum Gasteiger partial charge on any atom is 0.191 e. The van der Waals surface area contributed by atoms with E-state index < -0.39 is 0 Å². The third kappa shape index (κ3) is 4.19. The lowest BCUT2D eigenvalue weighted by atomic mass is 9.88. The number of guanidine groups is 1. The summed E-state index contributed by atoms with van der Waals surface area (Å²) in [6.45, 7) is 2.74. The molecule has 0 unspecified atom stereocenters. The average molecular weight is 346 g/mol. The number of nitrogens with zero attached hydrogens (tertiary/aromatic N) is 2. The molecule has 130 valence electrons. The van der Waals surface area contributed by atoms with Crippen LogP contribution in [0, 0.1) is 5.92 Å². The molecule has 1 saturated heterocycles.